The van der Waals surface area contributed by atoms with Crippen molar-refractivity contribution in [3.63, 3.8) is 0 Å². The van der Waals surface area contributed by atoms with Crippen LogP contribution in [0.4, 0.5) is 5.69 Å². The van der Waals surface area contributed by atoms with Gasteiger partial charge in [0.2, 0.25) is 0 Å². The Balaban J connectivity index is 1.93. The number of nitrogens with zero attached hydrogens (tertiary/aromatic N) is 2. The van der Waals surface area contributed by atoms with Gasteiger partial charge < -0.3 is 15.2 Å². The minimum atomic E-state index is -0.977. The Hall–Kier alpha value is -1.66. The van der Waals surface area contributed by atoms with E-state index in [1.807, 2.05) is 0 Å². The predicted octanol–water partition coefficient (Wildman–Crippen LogP) is 0.912. The number of carboxylic acids is 1. The van der Waals surface area contributed by atoms with Crippen LogP contribution in [0.25, 0.3) is 0 Å². The van der Waals surface area contributed by atoms with Crippen LogP contribution in [0.5, 0.6) is 0 Å². The molecule has 104 valence electrons. The van der Waals surface area contributed by atoms with E-state index in [2.05, 4.69) is 22.1 Å². The van der Waals surface area contributed by atoms with Gasteiger partial charge in [-0.1, -0.05) is 6.92 Å². The van der Waals surface area contributed by atoms with Gasteiger partial charge in [0.05, 0.1) is 18.4 Å². The maximum atomic E-state index is 11.1. The number of rotatable bonds is 5. The molecular formula is C13H19N3O3. The highest BCUT2D eigenvalue weighted by Gasteiger charge is 2.19. The van der Waals surface area contributed by atoms with Gasteiger partial charge in [0.25, 0.3) is 0 Å². The second-order valence-corrected chi connectivity index (χ2v) is 4.49. The third-order valence-corrected chi connectivity index (χ3v) is 3.24. The van der Waals surface area contributed by atoms with Crippen LogP contribution in [0.15, 0.2) is 18.5 Å². The highest BCUT2D eigenvalue weighted by atomic mass is 16.5. The van der Waals surface area contributed by atoms with E-state index in [9.17, 15) is 4.79 Å². The number of hydrogen-bond donors (Lipinski definition) is 2. The zero-order chi connectivity index (χ0) is 13.7. The molecule has 0 spiro atoms. The number of carboxylic acid groups (broad SMARTS) is 1. The van der Waals surface area contributed by atoms with Crippen LogP contribution < -0.4 is 5.32 Å². The van der Waals surface area contributed by atoms with Gasteiger partial charge in [0.1, 0.15) is 5.56 Å². The number of likely N-dealkylation sites (N-methyl/N-ethyl adjacent to an activating group) is 1. The van der Waals surface area contributed by atoms with Crippen LogP contribution in [0.2, 0.25) is 0 Å². The number of pyridine rings is 1. The number of hydrogen-bond acceptors (Lipinski definition) is 5. The summed E-state index contributed by atoms with van der Waals surface area (Å²) in [5.41, 5.74) is 0.769. The molecule has 1 saturated heterocycles. The van der Waals surface area contributed by atoms with Crippen molar-refractivity contribution in [2.24, 2.45) is 0 Å². The van der Waals surface area contributed by atoms with Crippen molar-refractivity contribution in [3.8, 4) is 0 Å². The lowest BCUT2D eigenvalue weighted by atomic mass is 10.2. The highest BCUT2D eigenvalue weighted by molar-refractivity contribution is 5.93. The minimum absolute atomic E-state index is 0.0866. The number of aromatic carboxylic acids is 1. The maximum Gasteiger partial charge on any atom is 0.339 e. The summed E-state index contributed by atoms with van der Waals surface area (Å²) in [5.74, 6) is -0.977. The van der Waals surface area contributed by atoms with E-state index in [0.717, 1.165) is 26.2 Å². The lowest BCUT2D eigenvalue weighted by Crippen LogP contribution is -2.45. The summed E-state index contributed by atoms with van der Waals surface area (Å²) >= 11 is 0. The summed E-state index contributed by atoms with van der Waals surface area (Å²) in [6.07, 6.45) is 3.02. The average molecular weight is 265 g/mol. The second-order valence-electron chi connectivity index (χ2n) is 4.49. The summed E-state index contributed by atoms with van der Waals surface area (Å²) < 4.78 is 5.66. The molecule has 1 aromatic rings. The fraction of sp³-hybridized carbons (Fsp3) is 0.538. The van der Waals surface area contributed by atoms with E-state index in [4.69, 9.17) is 9.84 Å². The molecule has 0 saturated carbocycles. The molecule has 2 N–H and O–H groups in total. The fourth-order valence-electron chi connectivity index (χ4n) is 2.13. The molecular weight excluding hydrogens is 246 g/mol. The molecule has 0 radical (unpaired) electrons. The monoisotopic (exact) mass is 265 g/mol. The van der Waals surface area contributed by atoms with Gasteiger partial charge in [-0.05, 0) is 12.6 Å². The van der Waals surface area contributed by atoms with Crippen LogP contribution in [-0.4, -0.2) is 59.8 Å². The standard InChI is InChI=1S/C13H19N3O3/c1-2-16-5-6-19-10(9-16)7-15-12-3-4-14-8-11(12)13(17)18/h3-4,8,10H,2,5-7,9H2,1H3,(H,14,15)(H,17,18). The van der Waals surface area contributed by atoms with Crippen LogP contribution in [-0.2, 0) is 4.74 Å². The third-order valence-electron chi connectivity index (χ3n) is 3.24. The zero-order valence-corrected chi connectivity index (χ0v) is 11.0. The van der Waals surface area contributed by atoms with Crippen LogP contribution in [0, 0.1) is 0 Å². The molecule has 2 rings (SSSR count). The van der Waals surface area contributed by atoms with Crippen LogP contribution in [0.1, 0.15) is 17.3 Å². The molecule has 19 heavy (non-hydrogen) atoms. The third kappa shape index (κ3) is 3.65. The number of morpholine rings is 1. The number of ether oxygens (including phenoxy) is 1. The van der Waals surface area contributed by atoms with Gasteiger partial charge in [0, 0.05) is 32.0 Å². The molecule has 1 aliphatic rings. The van der Waals surface area contributed by atoms with Crippen molar-refractivity contribution >= 4 is 11.7 Å². The zero-order valence-electron chi connectivity index (χ0n) is 11.0. The quantitative estimate of drug-likeness (QED) is 0.824. The SMILES string of the molecule is CCN1CCOC(CNc2ccncc2C(=O)O)C1. The lowest BCUT2D eigenvalue weighted by molar-refractivity contribution is -0.0191. The number of anilines is 1. The van der Waals surface area contributed by atoms with Crippen molar-refractivity contribution in [2.75, 3.05) is 38.1 Å². The molecule has 1 atom stereocenters. The van der Waals surface area contributed by atoms with Crippen molar-refractivity contribution in [3.05, 3.63) is 24.0 Å². The molecule has 2 heterocycles. The molecule has 0 aromatic carbocycles. The normalized spacial score (nSPS) is 20.2. The number of nitrogens with one attached hydrogen (secondary N) is 1. The van der Waals surface area contributed by atoms with Crippen molar-refractivity contribution < 1.29 is 14.6 Å². The number of aromatic nitrogens is 1. The Kier molecular flexibility index (Phi) is 4.70. The topological polar surface area (TPSA) is 74.7 Å². The lowest BCUT2D eigenvalue weighted by Gasteiger charge is -2.32. The molecule has 0 amide bonds. The Morgan fingerprint density at radius 2 is 2.53 bits per heavy atom. The average Bonchev–Trinajstić information content (AvgIpc) is 2.45. The van der Waals surface area contributed by atoms with E-state index < -0.39 is 5.97 Å². The first-order valence-corrected chi connectivity index (χ1v) is 6.46. The highest BCUT2D eigenvalue weighted by Crippen LogP contribution is 2.14. The van der Waals surface area contributed by atoms with E-state index in [1.165, 1.54) is 6.20 Å². The second kappa shape index (κ2) is 6.49. The minimum Gasteiger partial charge on any atom is -0.478 e. The molecule has 1 fully saturated rings. The van der Waals surface area contributed by atoms with E-state index in [1.54, 1.807) is 12.3 Å². The van der Waals surface area contributed by atoms with Gasteiger partial charge in [0.15, 0.2) is 0 Å². The van der Waals surface area contributed by atoms with Gasteiger partial charge in [-0.2, -0.15) is 0 Å². The fourth-order valence-corrected chi connectivity index (χ4v) is 2.13. The molecule has 0 bridgehead atoms. The molecule has 1 unspecified atom stereocenters. The molecule has 0 aliphatic carbocycles. The Bertz CT molecular complexity index is 439. The van der Waals surface area contributed by atoms with Gasteiger partial charge in [-0.3, -0.25) is 9.88 Å². The van der Waals surface area contributed by atoms with E-state index in [-0.39, 0.29) is 11.7 Å². The maximum absolute atomic E-state index is 11.1. The Morgan fingerprint density at radius 3 is 3.26 bits per heavy atom. The summed E-state index contributed by atoms with van der Waals surface area (Å²) in [6.45, 7) is 6.29. The van der Waals surface area contributed by atoms with Crippen molar-refractivity contribution in [2.45, 2.75) is 13.0 Å². The molecule has 6 heteroatoms. The van der Waals surface area contributed by atoms with Gasteiger partial charge in [-0.15, -0.1) is 0 Å². The summed E-state index contributed by atoms with van der Waals surface area (Å²) in [7, 11) is 0. The van der Waals surface area contributed by atoms with Gasteiger partial charge in [-0.25, -0.2) is 4.79 Å². The number of carbonyl (C=O) groups is 1. The van der Waals surface area contributed by atoms with Crippen LogP contribution >= 0.6 is 0 Å². The first-order chi connectivity index (χ1) is 9.20. The first kappa shape index (κ1) is 13.8. The Labute approximate surface area is 112 Å². The van der Waals surface area contributed by atoms with Crippen molar-refractivity contribution in [1.29, 1.82) is 0 Å². The smallest absolute Gasteiger partial charge is 0.339 e. The summed E-state index contributed by atoms with van der Waals surface area (Å²) in [4.78, 5) is 17.2. The molecule has 1 aromatic heterocycles. The predicted molar refractivity (Wildman–Crippen MR) is 71.5 cm³/mol. The Morgan fingerprint density at radius 1 is 1.68 bits per heavy atom. The van der Waals surface area contributed by atoms with Crippen molar-refractivity contribution in [1.82, 2.24) is 9.88 Å². The molecule has 1 aliphatic heterocycles. The van der Waals surface area contributed by atoms with Crippen LogP contribution in [0.3, 0.4) is 0 Å². The first-order valence-electron chi connectivity index (χ1n) is 6.46. The van der Waals surface area contributed by atoms with E-state index in [0.29, 0.717) is 12.2 Å². The largest absolute Gasteiger partial charge is 0.478 e. The molecule has 6 nitrogen and oxygen atoms in total. The van der Waals surface area contributed by atoms with Gasteiger partial charge >= 0.3 is 5.97 Å². The van der Waals surface area contributed by atoms with E-state index >= 15 is 0 Å². The summed E-state index contributed by atoms with van der Waals surface area (Å²) in [6, 6.07) is 1.67. The summed E-state index contributed by atoms with van der Waals surface area (Å²) in [5, 5.41) is 12.2.